The van der Waals surface area contributed by atoms with Crippen LogP contribution in [0.4, 0.5) is 10.7 Å². The van der Waals surface area contributed by atoms with Crippen molar-refractivity contribution in [2.24, 2.45) is 5.92 Å². The summed E-state index contributed by atoms with van der Waals surface area (Å²) in [5, 5.41) is 2.91. The van der Waals surface area contributed by atoms with E-state index in [0.29, 0.717) is 19.0 Å². The monoisotopic (exact) mass is 367 g/mol. The average molecular weight is 367 g/mol. The van der Waals surface area contributed by atoms with Crippen LogP contribution in [0, 0.1) is 5.92 Å². The van der Waals surface area contributed by atoms with Crippen molar-refractivity contribution in [2.75, 3.05) is 18.0 Å². The Labute approximate surface area is 156 Å². The lowest BCUT2D eigenvalue weighted by atomic mass is 9.82. The van der Waals surface area contributed by atoms with Crippen LogP contribution in [0.5, 0.6) is 0 Å². The summed E-state index contributed by atoms with van der Waals surface area (Å²) in [6, 6.07) is 7.21. The maximum Gasteiger partial charge on any atom is 0.324 e. The molecular weight excluding hydrogens is 346 g/mol. The first-order valence-electron chi connectivity index (χ1n) is 9.51. The summed E-state index contributed by atoms with van der Waals surface area (Å²) >= 11 is 0. The number of rotatable bonds is 2. The summed E-state index contributed by atoms with van der Waals surface area (Å²) < 4.78 is 2.00. The molecule has 1 saturated carbocycles. The molecule has 2 fully saturated rings. The fraction of sp³-hybridized carbons (Fsp3) is 0.474. The number of nitrogens with one attached hydrogen (secondary N) is 1. The number of carbonyl (C=O) groups excluding carboxylic acids is 3. The summed E-state index contributed by atoms with van der Waals surface area (Å²) in [7, 11) is 0. The largest absolute Gasteiger partial charge is 0.334 e. The second-order valence-electron chi connectivity index (χ2n) is 7.47. The molecule has 1 N–H and O–H groups in total. The average Bonchev–Trinajstić information content (AvgIpc) is 3.24. The lowest BCUT2D eigenvalue weighted by Gasteiger charge is -2.39. The van der Waals surface area contributed by atoms with Gasteiger partial charge in [0.1, 0.15) is 6.54 Å². The van der Waals surface area contributed by atoms with E-state index in [4.69, 9.17) is 0 Å². The van der Waals surface area contributed by atoms with Gasteiger partial charge in [0, 0.05) is 19.1 Å². The number of benzene rings is 1. The lowest BCUT2D eigenvalue weighted by molar-refractivity contribution is -0.139. The molecule has 2 atom stereocenters. The number of carbonyl (C=O) groups is 3. The zero-order valence-electron chi connectivity index (χ0n) is 14.9. The number of hydrogen-bond acceptors (Lipinski definition) is 4. The third kappa shape index (κ3) is 2.50. The zero-order valence-corrected chi connectivity index (χ0v) is 14.9. The maximum atomic E-state index is 12.9. The van der Waals surface area contributed by atoms with Crippen LogP contribution >= 0.6 is 0 Å². The number of anilines is 1. The van der Waals surface area contributed by atoms with E-state index >= 15 is 0 Å². The number of urea groups is 1. The Balaban J connectivity index is 1.37. The van der Waals surface area contributed by atoms with E-state index in [0.717, 1.165) is 41.6 Å². The molecule has 140 valence electrons. The first-order chi connectivity index (χ1) is 13.1. The second-order valence-corrected chi connectivity index (χ2v) is 7.47. The molecule has 8 heteroatoms. The third-order valence-electron chi connectivity index (χ3n) is 5.92. The van der Waals surface area contributed by atoms with Crippen molar-refractivity contribution in [1.29, 1.82) is 0 Å². The number of fused-ring (bicyclic) bond motifs is 4. The molecule has 1 aromatic heterocycles. The number of hydrogen-bond donors (Lipinski definition) is 1. The standard InChI is InChI=1S/C19H21N5O3/c25-16(11-24-17(26)12-5-1-2-6-13(12)21-19(24)27)23-10-9-22-15-8-4-3-7-14(15)20-18(22)23/h3-4,7-8,12-13H,1-2,5-6,9-11H2,(H,21,27). The number of imide groups is 1. The van der Waals surface area contributed by atoms with E-state index in [9.17, 15) is 14.4 Å². The summed E-state index contributed by atoms with van der Waals surface area (Å²) in [4.78, 5) is 45.3. The zero-order chi connectivity index (χ0) is 18.5. The number of imidazole rings is 1. The van der Waals surface area contributed by atoms with Gasteiger partial charge in [-0.15, -0.1) is 0 Å². The van der Waals surface area contributed by atoms with Crippen molar-refractivity contribution in [2.45, 2.75) is 38.3 Å². The van der Waals surface area contributed by atoms with Gasteiger partial charge in [-0.1, -0.05) is 25.0 Å². The Morgan fingerprint density at radius 1 is 1.15 bits per heavy atom. The molecular formula is C19H21N5O3. The molecule has 5 rings (SSSR count). The van der Waals surface area contributed by atoms with Crippen LogP contribution in [0.2, 0.25) is 0 Å². The first kappa shape index (κ1) is 16.3. The minimum Gasteiger partial charge on any atom is -0.334 e. The Morgan fingerprint density at radius 2 is 1.96 bits per heavy atom. The van der Waals surface area contributed by atoms with Gasteiger partial charge in [0.2, 0.25) is 17.8 Å². The van der Waals surface area contributed by atoms with Gasteiger partial charge in [-0.3, -0.25) is 19.4 Å². The SMILES string of the molecule is O=C1NC2CCCCC2C(=O)N1CC(=O)N1CCn2c1nc1ccccc12. The van der Waals surface area contributed by atoms with Crippen LogP contribution in [0.15, 0.2) is 24.3 Å². The van der Waals surface area contributed by atoms with E-state index in [1.54, 1.807) is 4.90 Å². The van der Waals surface area contributed by atoms with Crippen molar-refractivity contribution < 1.29 is 14.4 Å². The molecule has 1 saturated heterocycles. The highest BCUT2D eigenvalue weighted by Gasteiger charge is 2.43. The van der Waals surface area contributed by atoms with E-state index in [-0.39, 0.29) is 30.3 Å². The van der Waals surface area contributed by atoms with E-state index in [2.05, 4.69) is 10.3 Å². The van der Waals surface area contributed by atoms with E-state index in [1.165, 1.54) is 0 Å². The molecule has 27 heavy (non-hydrogen) atoms. The van der Waals surface area contributed by atoms with Crippen molar-refractivity contribution in [3.63, 3.8) is 0 Å². The molecule has 0 bridgehead atoms. The molecule has 0 spiro atoms. The number of amides is 4. The fourth-order valence-electron chi connectivity index (χ4n) is 4.53. The van der Waals surface area contributed by atoms with Gasteiger partial charge in [-0.05, 0) is 25.0 Å². The molecule has 1 aromatic carbocycles. The number of nitrogens with zero attached hydrogens (tertiary/aromatic N) is 4. The number of para-hydroxylation sites is 2. The molecule has 3 aliphatic rings. The summed E-state index contributed by atoms with van der Waals surface area (Å²) in [5.41, 5.74) is 1.82. The van der Waals surface area contributed by atoms with Crippen LogP contribution in [-0.2, 0) is 16.1 Å². The van der Waals surface area contributed by atoms with Gasteiger partial charge in [-0.2, -0.15) is 0 Å². The Hall–Kier alpha value is -2.90. The predicted molar refractivity (Wildman–Crippen MR) is 98.1 cm³/mol. The number of aromatic nitrogens is 2. The van der Waals surface area contributed by atoms with Gasteiger partial charge < -0.3 is 9.88 Å². The highest BCUT2D eigenvalue weighted by atomic mass is 16.2. The van der Waals surface area contributed by atoms with Gasteiger partial charge in [0.05, 0.1) is 17.0 Å². The minimum atomic E-state index is -0.454. The molecule has 8 nitrogen and oxygen atoms in total. The van der Waals surface area contributed by atoms with Crippen LogP contribution in [-0.4, -0.2) is 51.4 Å². The smallest absolute Gasteiger partial charge is 0.324 e. The van der Waals surface area contributed by atoms with Crippen LogP contribution < -0.4 is 10.2 Å². The van der Waals surface area contributed by atoms with Gasteiger partial charge in [0.15, 0.2) is 0 Å². The van der Waals surface area contributed by atoms with Crippen molar-refractivity contribution in [3.8, 4) is 0 Å². The Kier molecular flexibility index (Phi) is 3.66. The minimum absolute atomic E-state index is 0.0823. The summed E-state index contributed by atoms with van der Waals surface area (Å²) in [5.74, 6) is -0.111. The molecule has 4 amide bonds. The molecule has 2 aromatic rings. The Bertz CT molecular complexity index is 952. The fourth-order valence-corrected chi connectivity index (χ4v) is 4.53. The van der Waals surface area contributed by atoms with Gasteiger partial charge >= 0.3 is 6.03 Å². The van der Waals surface area contributed by atoms with Gasteiger partial charge in [0.25, 0.3) is 0 Å². The Morgan fingerprint density at radius 3 is 2.85 bits per heavy atom. The molecule has 0 radical (unpaired) electrons. The molecule has 3 heterocycles. The van der Waals surface area contributed by atoms with Crippen molar-refractivity contribution in [3.05, 3.63) is 24.3 Å². The van der Waals surface area contributed by atoms with Crippen LogP contribution in [0.1, 0.15) is 25.7 Å². The lowest BCUT2D eigenvalue weighted by Crippen LogP contribution is -2.62. The predicted octanol–water partition coefficient (Wildman–Crippen LogP) is 1.49. The second kappa shape index (κ2) is 6.07. The van der Waals surface area contributed by atoms with Gasteiger partial charge in [-0.25, -0.2) is 9.78 Å². The maximum absolute atomic E-state index is 12.9. The highest BCUT2D eigenvalue weighted by Crippen LogP contribution is 2.30. The molecule has 2 aliphatic heterocycles. The third-order valence-corrected chi connectivity index (χ3v) is 5.92. The van der Waals surface area contributed by atoms with E-state index < -0.39 is 6.03 Å². The first-order valence-corrected chi connectivity index (χ1v) is 9.51. The normalized spacial score (nSPS) is 24.7. The van der Waals surface area contributed by atoms with Crippen LogP contribution in [0.3, 0.4) is 0 Å². The molecule has 1 aliphatic carbocycles. The van der Waals surface area contributed by atoms with Crippen molar-refractivity contribution in [1.82, 2.24) is 19.8 Å². The summed E-state index contributed by atoms with van der Waals surface area (Å²) in [6.45, 7) is 0.922. The topological polar surface area (TPSA) is 87.5 Å². The quantitative estimate of drug-likeness (QED) is 0.871. The van der Waals surface area contributed by atoms with E-state index in [1.807, 2.05) is 28.8 Å². The molecule has 2 unspecified atom stereocenters. The van der Waals surface area contributed by atoms with Crippen LogP contribution in [0.25, 0.3) is 11.0 Å². The highest BCUT2D eigenvalue weighted by molar-refractivity contribution is 6.05. The van der Waals surface area contributed by atoms with Crippen molar-refractivity contribution >= 4 is 34.8 Å². The summed E-state index contributed by atoms with van der Waals surface area (Å²) in [6.07, 6.45) is 3.62.